The third-order valence-electron chi connectivity index (χ3n) is 14.3. The summed E-state index contributed by atoms with van der Waals surface area (Å²) in [6, 6.07) is 71.2. The van der Waals surface area contributed by atoms with Crippen LogP contribution in [0.5, 0.6) is 5.75 Å². The van der Waals surface area contributed by atoms with Gasteiger partial charge in [-0.25, -0.2) is 0 Å². The van der Waals surface area contributed by atoms with E-state index in [0.29, 0.717) is 33.3 Å². The lowest BCUT2D eigenvalue weighted by molar-refractivity contribution is -0.0500. The summed E-state index contributed by atoms with van der Waals surface area (Å²) in [4.78, 5) is 4.00. The average Bonchev–Trinajstić information content (AvgIpc) is 4.01. The third-order valence-corrected chi connectivity index (χ3v) is 15.3. The van der Waals surface area contributed by atoms with Crippen LogP contribution in [0.1, 0.15) is 25.0 Å². The van der Waals surface area contributed by atoms with Gasteiger partial charge in [0.15, 0.2) is 5.58 Å². The molecule has 11 heteroatoms. The van der Waals surface area contributed by atoms with Crippen LogP contribution in [-0.2, 0) is 15.5 Å². The lowest BCUT2D eigenvalue weighted by Gasteiger charge is -2.28. The van der Waals surface area contributed by atoms with Crippen molar-refractivity contribution < 1.29 is 30.2 Å². The Hall–Kier alpha value is -8.80. The summed E-state index contributed by atoms with van der Waals surface area (Å²) < 4.78 is 82.7. The Labute approximate surface area is 418 Å². The molecule has 0 fully saturated rings. The predicted molar refractivity (Wildman–Crippen MR) is 288 cm³/mol. The first-order valence-electron chi connectivity index (χ1n) is 23.8. The Morgan fingerprint density at radius 1 is 0.493 bits per heavy atom. The van der Waals surface area contributed by atoms with Crippen LogP contribution in [0.4, 0.5) is 47.3 Å². The maximum absolute atomic E-state index is 14.2. The maximum atomic E-state index is 14.2. The van der Waals surface area contributed by atoms with Gasteiger partial charge in [-0.15, -0.1) is 0 Å². The standard InChI is InChI=1S/C62H42F3N3O4S/c1-61(2)53-25-13-11-23-47(53)48-31-28-43(35-54(48)61)66(40-18-5-3-6-19-40)42-30-33-59-51(34-42)52-37-45(72-73(69,70)62(63,64)65)38-58(60(52)71-59)67(41-20-7-4-8-21-41)44-29-32-50-49-24-12-14-26-56(49)68(57(50)36-44)55-27-15-17-39-16-9-10-22-46(39)55/h3-38H,1-2H3. The lowest BCUT2D eigenvalue weighted by Crippen LogP contribution is -2.28. The van der Waals surface area contributed by atoms with Gasteiger partial charge in [0, 0.05) is 66.8 Å². The summed E-state index contributed by atoms with van der Waals surface area (Å²) >= 11 is 0. The highest BCUT2D eigenvalue weighted by Gasteiger charge is 2.49. The molecule has 0 bridgehead atoms. The van der Waals surface area contributed by atoms with Crippen LogP contribution in [0, 0.1) is 0 Å². The van der Waals surface area contributed by atoms with Crippen molar-refractivity contribution in [3.05, 3.63) is 230 Å². The molecule has 0 atom stereocenters. The molecule has 10 aromatic carbocycles. The van der Waals surface area contributed by atoms with E-state index in [1.165, 1.54) is 34.4 Å². The summed E-state index contributed by atoms with van der Waals surface area (Å²) in [6.45, 7) is 4.46. The van der Waals surface area contributed by atoms with E-state index in [-0.39, 0.29) is 11.1 Å². The van der Waals surface area contributed by atoms with Gasteiger partial charge in [-0.3, -0.25) is 0 Å². The Bertz CT molecular complexity index is 4300. The van der Waals surface area contributed by atoms with Gasteiger partial charge in [-0.05, 0) is 113 Å². The van der Waals surface area contributed by atoms with Crippen LogP contribution >= 0.6 is 0 Å². The number of fused-ring (bicyclic) bond motifs is 10. The number of furan rings is 1. The molecule has 0 saturated heterocycles. The molecular formula is C62H42F3N3O4S. The van der Waals surface area contributed by atoms with Crippen molar-refractivity contribution >= 4 is 98.8 Å². The quantitative estimate of drug-likeness (QED) is 0.106. The van der Waals surface area contributed by atoms with E-state index >= 15 is 0 Å². The van der Waals surface area contributed by atoms with Crippen molar-refractivity contribution in [2.24, 2.45) is 0 Å². The lowest BCUT2D eigenvalue weighted by atomic mass is 9.82. The molecule has 2 aromatic heterocycles. The molecule has 0 radical (unpaired) electrons. The maximum Gasteiger partial charge on any atom is 0.534 e. The van der Waals surface area contributed by atoms with Gasteiger partial charge in [0.05, 0.1) is 22.4 Å². The number of para-hydroxylation sites is 3. The van der Waals surface area contributed by atoms with Crippen LogP contribution in [0.25, 0.3) is 71.3 Å². The van der Waals surface area contributed by atoms with Crippen molar-refractivity contribution in [2.45, 2.75) is 24.8 Å². The first-order valence-corrected chi connectivity index (χ1v) is 25.2. The second kappa shape index (κ2) is 16.4. The van der Waals surface area contributed by atoms with Crippen molar-refractivity contribution in [3.63, 3.8) is 0 Å². The van der Waals surface area contributed by atoms with E-state index in [0.717, 1.165) is 55.3 Å². The van der Waals surface area contributed by atoms with Crippen molar-refractivity contribution in [1.29, 1.82) is 0 Å². The molecule has 2 heterocycles. The second-order valence-electron chi connectivity index (χ2n) is 18.9. The molecule has 0 amide bonds. The SMILES string of the molecule is CC1(C)c2ccccc2-c2ccc(N(c3ccccc3)c3ccc4oc5c(N(c6ccccc6)c6ccc7c8ccccc8n(-c8cccc9ccccc89)c7c6)cc(OS(=O)(=O)C(F)(F)F)cc5c4c3)cc21. The smallest absolute Gasteiger partial charge is 0.454 e. The normalized spacial score (nSPS) is 13.2. The number of rotatable bonds is 9. The van der Waals surface area contributed by atoms with E-state index in [9.17, 15) is 21.6 Å². The average molecular weight is 982 g/mol. The topological polar surface area (TPSA) is 67.9 Å². The molecule has 0 aliphatic heterocycles. The van der Waals surface area contributed by atoms with E-state index < -0.39 is 21.4 Å². The number of hydrogen-bond donors (Lipinski definition) is 0. The van der Waals surface area contributed by atoms with Crippen LogP contribution in [0.15, 0.2) is 223 Å². The van der Waals surface area contributed by atoms with Crippen molar-refractivity contribution in [1.82, 2.24) is 4.57 Å². The Balaban J connectivity index is 1.04. The fourth-order valence-corrected chi connectivity index (χ4v) is 11.4. The molecule has 1 aliphatic rings. The molecule has 1 aliphatic carbocycles. The zero-order valence-electron chi connectivity index (χ0n) is 39.3. The summed E-state index contributed by atoms with van der Waals surface area (Å²) in [7, 11) is -6.11. The third kappa shape index (κ3) is 7.05. The zero-order chi connectivity index (χ0) is 49.8. The van der Waals surface area contributed by atoms with Gasteiger partial charge in [0.2, 0.25) is 0 Å². The Kier molecular flexibility index (Phi) is 9.91. The first kappa shape index (κ1) is 44.2. The van der Waals surface area contributed by atoms with Crippen molar-refractivity contribution in [3.8, 4) is 22.6 Å². The number of alkyl halides is 3. The minimum atomic E-state index is -6.11. The highest BCUT2D eigenvalue weighted by atomic mass is 32.2. The second-order valence-corrected chi connectivity index (χ2v) is 20.4. The number of nitrogens with zero attached hydrogens (tertiary/aromatic N) is 3. The number of anilines is 6. The fraction of sp³-hybridized carbons (Fsp3) is 0.0645. The summed E-state index contributed by atoms with van der Waals surface area (Å²) in [5.41, 5.74) is 6.36. The number of halogens is 3. The van der Waals surface area contributed by atoms with Crippen LogP contribution < -0.4 is 14.0 Å². The van der Waals surface area contributed by atoms with Crippen LogP contribution in [0.2, 0.25) is 0 Å². The fourth-order valence-electron chi connectivity index (χ4n) is 11.0. The Morgan fingerprint density at radius 2 is 1.10 bits per heavy atom. The molecule has 13 rings (SSSR count). The van der Waals surface area contributed by atoms with E-state index in [1.54, 1.807) is 0 Å². The summed E-state index contributed by atoms with van der Waals surface area (Å²) in [5.74, 6) is -0.542. The predicted octanol–water partition coefficient (Wildman–Crippen LogP) is 17.3. The minimum absolute atomic E-state index is 0.251. The van der Waals surface area contributed by atoms with Gasteiger partial charge in [0.25, 0.3) is 0 Å². The largest absolute Gasteiger partial charge is 0.534 e. The highest BCUT2D eigenvalue weighted by molar-refractivity contribution is 7.88. The summed E-state index contributed by atoms with van der Waals surface area (Å²) in [5, 5.41) is 5.00. The van der Waals surface area contributed by atoms with Gasteiger partial charge in [0.1, 0.15) is 11.3 Å². The minimum Gasteiger partial charge on any atom is -0.454 e. The van der Waals surface area contributed by atoms with E-state index in [2.05, 4.69) is 102 Å². The summed E-state index contributed by atoms with van der Waals surface area (Å²) in [6.07, 6.45) is 0. The molecular weight excluding hydrogens is 940 g/mol. The van der Waals surface area contributed by atoms with Crippen LogP contribution in [0.3, 0.4) is 0 Å². The number of hydrogen-bond acceptors (Lipinski definition) is 6. The molecule has 0 N–H and O–H groups in total. The zero-order valence-corrected chi connectivity index (χ0v) is 40.1. The number of benzene rings is 10. The highest BCUT2D eigenvalue weighted by Crippen LogP contribution is 2.52. The molecule has 0 saturated carbocycles. The molecule has 73 heavy (non-hydrogen) atoms. The molecule has 7 nitrogen and oxygen atoms in total. The molecule has 0 spiro atoms. The van der Waals surface area contributed by atoms with Gasteiger partial charge < -0.3 is 23.0 Å². The van der Waals surface area contributed by atoms with Gasteiger partial charge >= 0.3 is 15.6 Å². The van der Waals surface area contributed by atoms with Gasteiger partial charge in [-0.2, -0.15) is 21.6 Å². The monoisotopic (exact) mass is 981 g/mol. The van der Waals surface area contributed by atoms with Gasteiger partial charge in [-0.1, -0.05) is 141 Å². The van der Waals surface area contributed by atoms with E-state index in [1.807, 2.05) is 132 Å². The van der Waals surface area contributed by atoms with Crippen LogP contribution in [-0.4, -0.2) is 18.5 Å². The molecule has 12 aromatic rings. The van der Waals surface area contributed by atoms with Crippen molar-refractivity contribution in [2.75, 3.05) is 9.80 Å². The van der Waals surface area contributed by atoms with E-state index in [4.69, 9.17) is 8.60 Å². The Morgan fingerprint density at radius 3 is 1.88 bits per heavy atom. The number of aromatic nitrogens is 1. The molecule has 356 valence electrons. The molecule has 0 unspecified atom stereocenters. The first-order chi connectivity index (χ1) is 35.3.